The Hall–Kier alpha value is -0.680. The number of carbonyl (C=O) groups excluding carboxylic acids is 1. The van der Waals surface area contributed by atoms with Gasteiger partial charge in [-0.25, -0.2) is 0 Å². The van der Waals surface area contributed by atoms with Crippen LogP contribution >= 0.6 is 7.92 Å². The summed E-state index contributed by atoms with van der Waals surface area (Å²) in [6.45, 7) is 15.7. The third-order valence-corrected chi connectivity index (χ3v) is 8.80. The molecule has 0 spiro atoms. The first kappa shape index (κ1) is 21.6. The molecule has 0 N–H and O–H groups in total. The zero-order valence-corrected chi connectivity index (χ0v) is 19.0. The van der Waals surface area contributed by atoms with Gasteiger partial charge >= 0.3 is 0 Å². The lowest BCUT2D eigenvalue weighted by Crippen LogP contribution is -2.22. The van der Waals surface area contributed by atoms with Gasteiger partial charge in [-0.05, 0) is 82.2 Å². The maximum Gasteiger partial charge on any atom is 0.184 e. The van der Waals surface area contributed by atoms with Gasteiger partial charge in [0, 0.05) is 5.56 Å². The zero-order valence-electron chi connectivity index (χ0n) is 18.1. The Labute approximate surface area is 163 Å². The number of hydrogen-bond donors (Lipinski definition) is 0. The van der Waals surface area contributed by atoms with Gasteiger partial charge in [0.15, 0.2) is 5.52 Å². The lowest BCUT2D eigenvalue weighted by Gasteiger charge is -2.33. The Balaban J connectivity index is 2.29. The average molecular weight is 375 g/mol. The van der Waals surface area contributed by atoms with Crippen LogP contribution in [-0.2, 0) is 0 Å². The van der Waals surface area contributed by atoms with E-state index in [0.717, 1.165) is 11.7 Å². The van der Waals surface area contributed by atoms with Crippen molar-refractivity contribution in [2.24, 2.45) is 11.3 Å². The van der Waals surface area contributed by atoms with E-state index in [1.54, 1.807) is 0 Å². The Morgan fingerprint density at radius 3 is 2.12 bits per heavy atom. The van der Waals surface area contributed by atoms with Crippen molar-refractivity contribution in [3.63, 3.8) is 0 Å². The highest BCUT2D eigenvalue weighted by Crippen LogP contribution is 2.53. The molecule has 0 aliphatic heterocycles. The van der Waals surface area contributed by atoms with Crippen LogP contribution in [-0.4, -0.2) is 17.3 Å². The summed E-state index contributed by atoms with van der Waals surface area (Å²) in [7, 11) is -0.590. The van der Waals surface area contributed by atoms with Crippen molar-refractivity contribution >= 4 is 13.4 Å². The average Bonchev–Trinajstić information content (AvgIpc) is 2.50. The first-order chi connectivity index (χ1) is 12.1. The van der Waals surface area contributed by atoms with Crippen LogP contribution in [0.4, 0.5) is 0 Å². The van der Waals surface area contributed by atoms with E-state index in [0.29, 0.717) is 22.5 Å². The molecule has 0 saturated heterocycles. The van der Waals surface area contributed by atoms with E-state index in [4.69, 9.17) is 0 Å². The molecule has 146 valence electrons. The fourth-order valence-electron chi connectivity index (χ4n) is 4.90. The summed E-state index contributed by atoms with van der Waals surface area (Å²) in [5, 5.41) is 0. The minimum atomic E-state index is -0.590. The van der Waals surface area contributed by atoms with Crippen molar-refractivity contribution in [1.29, 1.82) is 0 Å². The summed E-state index contributed by atoms with van der Waals surface area (Å²) in [4.78, 5) is 13.7. The SMILES string of the molecule is Cc1cc(C)c(C(=O)P(CC(C)CC(C)(C)C)C2CCCCC2)c(C)c1. The van der Waals surface area contributed by atoms with Crippen LogP contribution in [0.1, 0.15) is 93.3 Å². The topological polar surface area (TPSA) is 17.1 Å². The second-order valence-electron chi connectivity index (χ2n) is 9.89. The Kier molecular flexibility index (Phi) is 7.49. The molecule has 1 aromatic rings. The molecule has 0 bridgehead atoms. The van der Waals surface area contributed by atoms with Gasteiger partial charge in [-0.3, -0.25) is 4.79 Å². The minimum absolute atomic E-state index is 0.339. The molecule has 1 fully saturated rings. The molecule has 1 aliphatic carbocycles. The van der Waals surface area contributed by atoms with Gasteiger partial charge in [-0.2, -0.15) is 0 Å². The maximum absolute atomic E-state index is 13.7. The van der Waals surface area contributed by atoms with Crippen LogP contribution < -0.4 is 0 Å². The second-order valence-corrected chi connectivity index (χ2v) is 12.3. The van der Waals surface area contributed by atoms with Crippen molar-refractivity contribution in [3.05, 3.63) is 34.4 Å². The largest absolute Gasteiger partial charge is 0.289 e. The highest BCUT2D eigenvalue weighted by Gasteiger charge is 2.33. The van der Waals surface area contributed by atoms with Crippen LogP contribution in [0.15, 0.2) is 12.1 Å². The van der Waals surface area contributed by atoms with Crippen LogP contribution in [0.5, 0.6) is 0 Å². The highest BCUT2D eigenvalue weighted by molar-refractivity contribution is 7.76. The van der Waals surface area contributed by atoms with Crippen molar-refractivity contribution in [3.8, 4) is 0 Å². The molecule has 26 heavy (non-hydrogen) atoms. The first-order valence-corrected chi connectivity index (χ1v) is 12.1. The van der Waals surface area contributed by atoms with Gasteiger partial charge in [-0.15, -0.1) is 0 Å². The summed E-state index contributed by atoms with van der Waals surface area (Å²) in [6, 6.07) is 4.38. The lowest BCUT2D eigenvalue weighted by molar-refractivity contribution is 0.107. The molecule has 2 rings (SSSR count). The maximum atomic E-state index is 13.7. The molecular weight excluding hydrogens is 335 g/mol. The zero-order chi connectivity index (χ0) is 19.5. The second kappa shape index (κ2) is 9.01. The summed E-state index contributed by atoms with van der Waals surface area (Å²) < 4.78 is 0. The van der Waals surface area contributed by atoms with Crippen molar-refractivity contribution < 1.29 is 4.79 Å². The Morgan fingerprint density at radius 1 is 1.08 bits per heavy atom. The normalized spacial score (nSPS) is 18.6. The molecule has 0 radical (unpaired) electrons. The molecule has 0 aromatic heterocycles. The van der Waals surface area contributed by atoms with Crippen molar-refractivity contribution in [1.82, 2.24) is 0 Å². The predicted molar refractivity (Wildman–Crippen MR) is 117 cm³/mol. The lowest BCUT2D eigenvalue weighted by atomic mass is 9.86. The van der Waals surface area contributed by atoms with E-state index in [1.807, 2.05) is 0 Å². The van der Waals surface area contributed by atoms with Crippen molar-refractivity contribution in [2.45, 2.75) is 92.7 Å². The van der Waals surface area contributed by atoms with Gasteiger partial charge < -0.3 is 0 Å². The van der Waals surface area contributed by atoms with E-state index in [-0.39, 0.29) is 0 Å². The molecule has 1 saturated carbocycles. The summed E-state index contributed by atoms with van der Waals surface area (Å²) in [5.74, 6) is 0.623. The van der Waals surface area contributed by atoms with Crippen LogP contribution in [0.2, 0.25) is 0 Å². The van der Waals surface area contributed by atoms with Crippen molar-refractivity contribution in [2.75, 3.05) is 6.16 Å². The summed E-state index contributed by atoms with van der Waals surface area (Å²) >= 11 is 0. The summed E-state index contributed by atoms with van der Waals surface area (Å²) in [5.41, 5.74) is 6.14. The Morgan fingerprint density at radius 2 is 1.62 bits per heavy atom. The fraction of sp³-hybridized carbons (Fsp3) is 0.708. The van der Waals surface area contributed by atoms with Gasteiger partial charge in [0.05, 0.1) is 0 Å². The van der Waals surface area contributed by atoms with Crippen LogP contribution in [0.25, 0.3) is 0 Å². The highest BCUT2D eigenvalue weighted by atomic mass is 31.1. The van der Waals surface area contributed by atoms with E-state index in [2.05, 4.69) is 60.6 Å². The standard InChI is InChI=1S/C24H39OP/c1-17-13-19(3)22(20(4)14-17)23(25)26(21-11-9-8-10-12-21)16-18(2)15-24(5,6)7/h13-14,18,21H,8-12,15-16H2,1-7H3. The molecule has 1 aromatic carbocycles. The third kappa shape index (κ3) is 5.91. The molecule has 2 unspecified atom stereocenters. The molecule has 1 aliphatic rings. The van der Waals surface area contributed by atoms with Gasteiger partial charge in [0.25, 0.3) is 0 Å². The molecule has 2 heteroatoms. The molecule has 2 atom stereocenters. The number of aryl methyl sites for hydroxylation is 3. The Bertz CT molecular complexity index is 597. The number of rotatable bonds is 6. The molecular formula is C24H39OP. The number of carbonyl (C=O) groups is 1. The van der Waals surface area contributed by atoms with Gasteiger partial charge in [0.1, 0.15) is 0 Å². The van der Waals surface area contributed by atoms with Gasteiger partial charge in [-0.1, -0.05) is 64.7 Å². The molecule has 0 amide bonds. The number of benzene rings is 1. The van der Waals surface area contributed by atoms with E-state index in [1.165, 1.54) is 55.2 Å². The predicted octanol–water partition coefficient (Wildman–Crippen LogP) is 7.64. The number of hydrogen-bond acceptors (Lipinski definition) is 1. The fourth-order valence-corrected chi connectivity index (χ4v) is 8.12. The third-order valence-electron chi connectivity index (χ3n) is 5.64. The van der Waals surface area contributed by atoms with E-state index < -0.39 is 7.92 Å². The first-order valence-electron chi connectivity index (χ1n) is 10.5. The van der Waals surface area contributed by atoms with Gasteiger partial charge in [0.2, 0.25) is 0 Å². The monoisotopic (exact) mass is 374 g/mol. The molecule has 0 heterocycles. The van der Waals surface area contributed by atoms with Crippen LogP contribution in [0, 0.1) is 32.1 Å². The van der Waals surface area contributed by atoms with E-state index >= 15 is 0 Å². The van der Waals surface area contributed by atoms with E-state index in [9.17, 15) is 4.79 Å². The van der Waals surface area contributed by atoms with Crippen LogP contribution in [0.3, 0.4) is 0 Å². The summed E-state index contributed by atoms with van der Waals surface area (Å²) in [6.07, 6.45) is 8.84. The smallest absolute Gasteiger partial charge is 0.184 e. The quantitative estimate of drug-likeness (QED) is 0.468. The molecule has 1 nitrogen and oxygen atoms in total. The minimum Gasteiger partial charge on any atom is -0.289 e.